The number of aryl methyl sites for hydroxylation is 1. The molecular weight excluding hydrogens is 271 g/mol. The summed E-state index contributed by atoms with van der Waals surface area (Å²) in [5.74, 6) is 1.12. The van der Waals surface area contributed by atoms with E-state index in [0.717, 1.165) is 0 Å². The summed E-state index contributed by atoms with van der Waals surface area (Å²) in [6.45, 7) is 2.13. The first-order chi connectivity index (χ1) is 8.75. The molecule has 0 saturated carbocycles. The Hall–Kier alpha value is -1.04. The monoisotopic (exact) mass is 289 g/mol. The van der Waals surface area contributed by atoms with Crippen LogP contribution >= 0.6 is 0 Å². The fourth-order valence-electron chi connectivity index (χ4n) is 2.39. The van der Waals surface area contributed by atoms with Crippen LogP contribution in [-0.2, 0) is 0 Å². The van der Waals surface area contributed by atoms with Crippen LogP contribution in [0.5, 0.6) is 0 Å². The maximum atomic E-state index is 8.10. The minimum atomic E-state index is 0.361. The Bertz CT molecular complexity index is 500. The van der Waals surface area contributed by atoms with Crippen molar-refractivity contribution >= 4 is 19.4 Å². The van der Waals surface area contributed by atoms with Crippen molar-refractivity contribution in [1.82, 2.24) is 0 Å². The second kappa shape index (κ2) is 4.68. The molecule has 2 bridgehead atoms. The molecule has 0 N–H and O–H groups in total. The van der Waals surface area contributed by atoms with E-state index >= 15 is 0 Å². The number of benzene rings is 1. The zero-order valence-corrected chi connectivity index (χ0v) is 11.5. The molecule has 0 heterocycles. The number of fused-ring (bicyclic) bond motifs is 2. The number of hydrogen-bond donors (Lipinski definition) is 0. The van der Waals surface area contributed by atoms with Gasteiger partial charge in [-0.3, -0.25) is 0 Å². The van der Waals surface area contributed by atoms with Gasteiger partial charge in [-0.1, -0.05) is 0 Å². The Morgan fingerprint density at radius 1 is 1.06 bits per heavy atom. The van der Waals surface area contributed by atoms with Crippen molar-refractivity contribution in [2.75, 3.05) is 0 Å². The van der Waals surface area contributed by atoms with Crippen molar-refractivity contribution in [3.05, 3.63) is 66.3 Å². The molecule has 17 heavy (non-hydrogen) atoms. The summed E-state index contributed by atoms with van der Waals surface area (Å²) in [4.78, 5) is 0.651. The third kappa shape index (κ3) is 2.18. The number of rotatable bonds is 2. The van der Waals surface area contributed by atoms with Gasteiger partial charge < -0.3 is 0 Å². The van der Waals surface area contributed by atoms with Gasteiger partial charge in [0.05, 0.1) is 0 Å². The van der Waals surface area contributed by atoms with Gasteiger partial charge in [0.15, 0.2) is 0 Å². The standard InChI is InChI=1S/C16H16Se/c1-12-6-2-5-9-15(12)17-16-13-7-3-4-8-14(16)11-10-13/h2-11,13-14,16H,1H3/i9D. The minimum absolute atomic E-state index is 0.361. The zero-order valence-electron chi connectivity index (χ0n) is 10.8. The van der Waals surface area contributed by atoms with E-state index in [-0.39, 0.29) is 0 Å². The Labute approximate surface area is 111 Å². The predicted molar refractivity (Wildman–Crippen MR) is 74.7 cm³/mol. The van der Waals surface area contributed by atoms with Crippen LogP contribution in [0.25, 0.3) is 0 Å². The van der Waals surface area contributed by atoms with Crippen LogP contribution in [0.1, 0.15) is 6.93 Å². The SMILES string of the molecule is [2H]c1cccc(C)c1[Se]C1C2C=CC=CC1C=C2. The summed E-state index contributed by atoms with van der Waals surface area (Å²) in [6, 6.07) is 6.75. The third-order valence-corrected chi connectivity index (χ3v) is 6.67. The molecule has 0 nitrogen and oxygen atoms in total. The predicted octanol–water partition coefficient (Wildman–Crippen LogP) is 3.04. The molecule has 86 valence electrons. The van der Waals surface area contributed by atoms with Crippen LogP contribution in [-0.4, -0.2) is 15.0 Å². The Morgan fingerprint density at radius 3 is 2.41 bits per heavy atom. The van der Waals surface area contributed by atoms with Gasteiger partial charge in [-0.2, -0.15) is 0 Å². The average Bonchev–Trinajstić information content (AvgIpc) is 2.57. The second-order valence-corrected chi connectivity index (χ2v) is 7.07. The molecular formula is C16H16Se. The molecule has 2 unspecified atom stereocenters. The van der Waals surface area contributed by atoms with Gasteiger partial charge in [0.25, 0.3) is 0 Å². The fraction of sp³-hybridized carbons (Fsp3) is 0.250. The number of hydrogen-bond acceptors (Lipinski definition) is 0. The van der Waals surface area contributed by atoms with Crippen LogP contribution < -0.4 is 4.46 Å². The van der Waals surface area contributed by atoms with Gasteiger partial charge in [-0.25, -0.2) is 0 Å². The first-order valence-electron chi connectivity index (χ1n) is 6.52. The maximum absolute atomic E-state index is 8.10. The molecule has 0 saturated heterocycles. The quantitative estimate of drug-likeness (QED) is 0.579. The van der Waals surface area contributed by atoms with Crippen LogP contribution in [0.2, 0.25) is 4.82 Å². The topological polar surface area (TPSA) is 0 Å². The summed E-state index contributed by atoms with van der Waals surface area (Å²) in [7, 11) is 0. The fourth-order valence-corrected chi connectivity index (χ4v) is 5.20. The zero-order chi connectivity index (χ0) is 12.5. The first-order valence-corrected chi connectivity index (χ1v) is 7.86. The Balaban J connectivity index is 1.90. The van der Waals surface area contributed by atoms with E-state index in [9.17, 15) is 0 Å². The van der Waals surface area contributed by atoms with Crippen LogP contribution in [0.15, 0.2) is 60.7 Å². The van der Waals surface area contributed by atoms with Crippen molar-refractivity contribution in [2.45, 2.75) is 11.7 Å². The van der Waals surface area contributed by atoms with E-state index in [2.05, 4.69) is 49.4 Å². The Morgan fingerprint density at radius 2 is 1.76 bits per heavy atom. The van der Waals surface area contributed by atoms with Crippen molar-refractivity contribution in [3.63, 3.8) is 0 Å². The van der Waals surface area contributed by atoms with E-state index in [1.807, 2.05) is 12.1 Å². The average molecular weight is 288 g/mol. The van der Waals surface area contributed by atoms with Crippen molar-refractivity contribution in [2.24, 2.45) is 11.8 Å². The molecule has 0 aromatic heterocycles. The molecule has 0 fully saturated rings. The molecule has 1 aromatic rings. The molecule has 0 radical (unpaired) electrons. The molecule has 1 aromatic carbocycles. The van der Waals surface area contributed by atoms with Crippen LogP contribution in [0.3, 0.4) is 0 Å². The van der Waals surface area contributed by atoms with E-state index in [1.165, 1.54) is 10.0 Å². The van der Waals surface area contributed by atoms with Gasteiger partial charge >= 0.3 is 111 Å². The molecule has 0 aliphatic heterocycles. The van der Waals surface area contributed by atoms with Gasteiger partial charge in [0.2, 0.25) is 0 Å². The summed E-state index contributed by atoms with van der Waals surface area (Å²) in [6.07, 6.45) is 13.6. The van der Waals surface area contributed by atoms with E-state index in [1.54, 1.807) is 0 Å². The van der Waals surface area contributed by atoms with E-state index < -0.39 is 0 Å². The summed E-state index contributed by atoms with van der Waals surface area (Å²) >= 11 is 0.361. The molecule has 1 heteroatoms. The van der Waals surface area contributed by atoms with Gasteiger partial charge in [-0.05, 0) is 0 Å². The van der Waals surface area contributed by atoms with Crippen LogP contribution in [0.4, 0.5) is 0 Å². The van der Waals surface area contributed by atoms with Crippen molar-refractivity contribution in [1.29, 1.82) is 0 Å². The summed E-state index contributed by atoms with van der Waals surface area (Å²) in [5.41, 5.74) is 1.28. The molecule has 0 spiro atoms. The van der Waals surface area contributed by atoms with Gasteiger partial charge in [0, 0.05) is 0 Å². The molecule has 2 aliphatic carbocycles. The first kappa shape index (κ1) is 9.94. The third-order valence-electron chi connectivity index (χ3n) is 3.36. The van der Waals surface area contributed by atoms with E-state index in [4.69, 9.17) is 1.37 Å². The molecule has 2 atom stereocenters. The number of allylic oxidation sites excluding steroid dienone is 6. The van der Waals surface area contributed by atoms with Crippen LogP contribution in [0, 0.1) is 18.8 Å². The summed E-state index contributed by atoms with van der Waals surface area (Å²) in [5, 5.41) is 0. The molecule has 2 aliphatic rings. The van der Waals surface area contributed by atoms with E-state index in [0.29, 0.717) is 37.7 Å². The van der Waals surface area contributed by atoms with Gasteiger partial charge in [-0.15, -0.1) is 0 Å². The Kier molecular flexibility index (Phi) is 2.73. The molecule has 3 rings (SSSR count). The summed E-state index contributed by atoms with van der Waals surface area (Å²) < 4.78 is 9.37. The second-order valence-electron chi connectivity index (χ2n) is 4.57. The van der Waals surface area contributed by atoms with Crippen molar-refractivity contribution in [3.8, 4) is 0 Å². The normalized spacial score (nSPS) is 30.4. The van der Waals surface area contributed by atoms with Gasteiger partial charge in [0.1, 0.15) is 0 Å². The molecule has 0 amide bonds. The van der Waals surface area contributed by atoms with Crippen molar-refractivity contribution < 1.29 is 1.37 Å².